The summed E-state index contributed by atoms with van der Waals surface area (Å²) in [5, 5.41) is 19.6. The van der Waals surface area contributed by atoms with Crippen LogP contribution in [0.15, 0.2) is 18.2 Å². The van der Waals surface area contributed by atoms with Crippen molar-refractivity contribution in [3.8, 4) is 6.07 Å². The Balaban J connectivity index is 1.37. The maximum atomic E-state index is 13.6. The third-order valence-electron chi connectivity index (χ3n) is 7.51. The van der Waals surface area contributed by atoms with E-state index >= 15 is 0 Å². The maximum Gasteiger partial charge on any atom is 0.393 e. The number of aromatic nitrogens is 3. The van der Waals surface area contributed by atoms with Crippen molar-refractivity contribution in [2.24, 2.45) is 24.6 Å². The lowest BCUT2D eigenvalue weighted by Gasteiger charge is -2.30. The number of amides is 3. The zero-order valence-electron chi connectivity index (χ0n) is 21.5. The van der Waals surface area contributed by atoms with Gasteiger partial charge in [-0.25, -0.2) is 4.68 Å². The van der Waals surface area contributed by atoms with Crippen LogP contribution in [-0.4, -0.2) is 80.4 Å². The summed E-state index contributed by atoms with van der Waals surface area (Å²) in [6, 6.07) is 4.86. The minimum absolute atomic E-state index is 0.0314. The first-order valence-electron chi connectivity index (χ1n) is 12.8. The van der Waals surface area contributed by atoms with Gasteiger partial charge in [-0.3, -0.25) is 14.4 Å². The van der Waals surface area contributed by atoms with E-state index in [0.29, 0.717) is 37.0 Å². The zero-order valence-corrected chi connectivity index (χ0v) is 21.5. The van der Waals surface area contributed by atoms with E-state index in [0.717, 1.165) is 10.4 Å². The van der Waals surface area contributed by atoms with Crippen molar-refractivity contribution in [1.82, 2.24) is 30.1 Å². The van der Waals surface area contributed by atoms with E-state index in [2.05, 4.69) is 21.7 Å². The van der Waals surface area contributed by atoms with Crippen molar-refractivity contribution < 1.29 is 27.6 Å². The van der Waals surface area contributed by atoms with Crippen molar-refractivity contribution in [2.45, 2.75) is 56.9 Å². The molecule has 3 atom stereocenters. The topological polar surface area (TPSA) is 150 Å². The van der Waals surface area contributed by atoms with Crippen molar-refractivity contribution in [3.63, 3.8) is 0 Å². The van der Waals surface area contributed by atoms with Crippen LogP contribution in [0.4, 0.5) is 13.2 Å². The van der Waals surface area contributed by atoms with Gasteiger partial charge in [0.15, 0.2) is 0 Å². The summed E-state index contributed by atoms with van der Waals surface area (Å²) in [5.74, 6) is -3.67. The molecule has 0 spiro atoms. The van der Waals surface area contributed by atoms with E-state index < -0.39 is 49.0 Å². The molecule has 0 bridgehead atoms. The van der Waals surface area contributed by atoms with Crippen LogP contribution >= 0.6 is 0 Å². The summed E-state index contributed by atoms with van der Waals surface area (Å²) >= 11 is 0. The van der Waals surface area contributed by atoms with Crippen LogP contribution in [0.25, 0.3) is 11.0 Å². The first-order valence-corrected chi connectivity index (χ1v) is 12.8. The number of piperidine rings is 1. The second-order valence-corrected chi connectivity index (χ2v) is 10.2. The van der Waals surface area contributed by atoms with E-state index in [4.69, 9.17) is 11.0 Å². The minimum Gasteiger partial charge on any atom is -0.350 e. The monoisotopic (exact) mass is 548 g/mol. The van der Waals surface area contributed by atoms with E-state index in [1.807, 2.05) is 0 Å². The van der Waals surface area contributed by atoms with Crippen LogP contribution in [0.5, 0.6) is 0 Å². The number of benzene rings is 1. The third-order valence-corrected chi connectivity index (χ3v) is 7.51. The van der Waals surface area contributed by atoms with Crippen LogP contribution < -0.4 is 11.1 Å². The van der Waals surface area contributed by atoms with Crippen molar-refractivity contribution in [1.29, 1.82) is 5.26 Å². The fourth-order valence-electron chi connectivity index (χ4n) is 5.10. The molecule has 3 N–H and O–H groups in total. The summed E-state index contributed by atoms with van der Waals surface area (Å²) in [4.78, 5) is 41.1. The van der Waals surface area contributed by atoms with Gasteiger partial charge in [0.1, 0.15) is 11.6 Å². The molecule has 3 amide bonds. The second kappa shape index (κ2) is 11.6. The number of rotatable bonds is 7. The van der Waals surface area contributed by atoms with E-state index in [9.17, 15) is 27.6 Å². The first kappa shape index (κ1) is 28.3. The number of nitriles is 1. The smallest absolute Gasteiger partial charge is 0.350 e. The quantitative estimate of drug-likeness (QED) is 0.528. The summed E-state index contributed by atoms with van der Waals surface area (Å²) in [6.45, 7) is 0.232. The Bertz CT molecular complexity index is 1270. The fraction of sp³-hybridized carbons (Fsp3) is 0.600. The van der Waals surface area contributed by atoms with E-state index in [-0.39, 0.29) is 31.2 Å². The lowest BCUT2D eigenvalue weighted by molar-refractivity contribution is -0.171. The number of aryl methyl sites for hydroxylation is 1. The summed E-state index contributed by atoms with van der Waals surface area (Å²) in [7, 11) is 1.73. The molecule has 2 saturated heterocycles. The maximum absolute atomic E-state index is 13.6. The molecule has 2 aromatic rings. The number of carbonyl (C=O) groups is 3. The Morgan fingerprint density at radius 2 is 1.97 bits per heavy atom. The standard InChI is InChI=1S/C25H31F3N8O3/c1-34-20-4-2-16(10-19(20)32-33-34)13-31-23(38)21-11-17(25(26,27)28)14-36(21)24(39)18(30)3-5-22(37)35-8-6-15(12-29)7-9-35/h2,4,10,15,17-18,21H,3,5-9,11,13-14,30H2,1H3,(H,31,38). The highest BCUT2D eigenvalue weighted by Gasteiger charge is 2.51. The number of nitrogens with zero attached hydrogens (tertiary/aromatic N) is 6. The Kier molecular flexibility index (Phi) is 8.39. The number of fused-ring (bicyclic) bond motifs is 1. The molecule has 3 unspecified atom stereocenters. The van der Waals surface area contributed by atoms with Crippen molar-refractivity contribution in [3.05, 3.63) is 23.8 Å². The molecule has 14 heteroatoms. The molecule has 0 radical (unpaired) electrons. The molecule has 1 aromatic heterocycles. The van der Waals surface area contributed by atoms with E-state index in [1.165, 1.54) is 0 Å². The van der Waals surface area contributed by atoms with Crippen LogP contribution in [0, 0.1) is 23.2 Å². The lowest BCUT2D eigenvalue weighted by Crippen LogP contribution is -2.51. The van der Waals surface area contributed by atoms with Gasteiger partial charge in [-0.2, -0.15) is 18.4 Å². The Hall–Kier alpha value is -3.73. The van der Waals surface area contributed by atoms with Crippen molar-refractivity contribution >= 4 is 28.8 Å². The van der Waals surface area contributed by atoms with Crippen LogP contribution in [0.3, 0.4) is 0 Å². The Morgan fingerprint density at radius 3 is 2.64 bits per heavy atom. The van der Waals surface area contributed by atoms with Gasteiger partial charge in [0.2, 0.25) is 17.7 Å². The molecule has 2 fully saturated rings. The third kappa shape index (κ3) is 6.47. The molecule has 2 aliphatic rings. The molecule has 210 valence electrons. The summed E-state index contributed by atoms with van der Waals surface area (Å²) in [6.07, 6.45) is -4.12. The van der Waals surface area contributed by atoms with Gasteiger partial charge in [-0.15, -0.1) is 5.10 Å². The molecule has 4 rings (SSSR count). The highest BCUT2D eigenvalue weighted by Crippen LogP contribution is 2.37. The largest absolute Gasteiger partial charge is 0.393 e. The first-order chi connectivity index (χ1) is 18.5. The van der Waals surface area contributed by atoms with Crippen molar-refractivity contribution in [2.75, 3.05) is 19.6 Å². The molecular weight excluding hydrogens is 517 g/mol. The van der Waals surface area contributed by atoms with Crippen LogP contribution in [0.2, 0.25) is 0 Å². The predicted molar refractivity (Wildman–Crippen MR) is 132 cm³/mol. The molecule has 39 heavy (non-hydrogen) atoms. The van der Waals surface area contributed by atoms with Gasteiger partial charge < -0.3 is 20.9 Å². The zero-order chi connectivity index (χ0) is 28.3. The number of halogens is 3. The van der Waals surface area contributed by atoms with Crippen LogP contribution in [0.1, 0.15) is 37.7 Å². The highest BCUT2D eigenvalue weighted by molar-refractivity contribution is 5.91. The predicted octanol–water partition coefficient (Wildman–Crippen LogP) is 1.23. The van der Waals surface area contributed by atoms with Gasteiger partial charge in [0, 0.05) is 45.6 Å². The normalized spacial score (nSPS) is 21.1. The Morgan fingerprint density at radius 1 is 1.26 bits per heavy atom. The fourth-order valence-corrected chi connectivity index (χ4v) is 5.10. The molecule has 1 aromatic carbocycles. The number of nitrogens with one attached hydrogen (secondary N) is 1. The lowest BCUT2D eigenvalue weighted by atomic mass is 9.98. The average molecular weight is 549 g/mol. The SMILES string of the molecule is Cn1nnc2cc(CNC(=O)C3CC(C(F)(F)F)CN3C(=O)C(N)CCC(=O)N3CCC(C#N)CC3)ccc21. The van der Waals surface area contributed by atoms with Gasteiger partial charge in [0.05, 0.1) is 23.5 Å². The number of hydrogen-bond donors (Lipinski definition) is 2. The number of likely N-dealkylation sites (tertiary alicyclic amines) is 2. The number of nitrogens with two attached hydrogens (primary N) is 1. The number of carbonyl (C=O) groups excluding carboxylic acids is 3. The molecule has 3 heterocycles. The molecule has 2 aliphatic heterocycles. The second-order valence-electron chi connectivity index (χ2n) is 10.2. The van der Waals surface area contributed by atoms with Gasteiger partial charge in [-0.1, -0.05) is 11.3 Å². The molecule has 0 saturated carbocycles. The number of alkyl halides is 3. The summed E-state index contributed by atoms with van der Waals surface area (Å²) in [5.41, 5.74) is 8.08. The highest BCUT2D eigenvalue weighted by atomic mass is 19.4. The molecule has 11 nitrogen and oxygen atoms in total. The molecule has 0 aliphatic carbocycles. The molecular formula is C25H31F3N8O3. The average Bonchev–Trinajstić information content (AvgIpc) is 3.54. The van der Waals surface area contributed by atoms with E-state index in [1.54, 1.807) is 34.8 Å². The Labute approximate surface area is 223 Å². The number of hydrogen-bond acceptors (Lipinski definition) is 7. The van der Waals surface area contributed by atoms with Gasteiger partial charge >= 0.3 is 6.18 Å². The summed E-state index contributed by atoms with van der Waals surface area (Å²) < 4.78 is 42.3. The van der Waals surface area contributed by atoms with Crippen LogP contribution in [-0.2, 0) is 28.0 Å². The van der Waals surface area contributed by atoms with Gasteiger partial charge in [0.25, 0.3) is 0 Å². The minimum atomic E-state index is -4.58. The van der Waals surface area contributed by atoms with Gasteiger partial charge in [-0.05, 0) is 43.4 Å².